The number of nitrogens with zero attached hydrogens (tertiary/aromatic N) is 2. The van der Waals surface area contributed by atoms with Gasteiger partial charge in [-0.3, -0.25) is 0 Å². The summed E-state index contributed by atoms with van der Waals surface area (Å²) in [4.78, 5) is 4.17. The molecule has 0 bridgehead atoms. The van der Waals surface area contributed by atoms with Crippen LogP contribution in [-0.2, 0) is 6.54 Å². The molecule has 1 N–H and O–H groups in total. The van der Waals surface area contributed by atoms with E-state index in [4.69, 9.17) is 5.26 Å². The fraction of sp³-hybridized carbons (Fsp3) is 0.143. The fourth-order valence-electron chi connectivity index (χ4n) is 1.61. The van der Waals surface area contributed by atoms with Crippen molar-refractivity contribution in [3.8, 4) is 6.07 Å². The first-order chi connectivity index (χ1) is 8.69. The van der Waals surface area contributed by atoms with Crippen LogP contribution in [0.1, 0.15) is 16.8 Å². The van der Waals surface area contributed by atoms with Crippen LogP contribution in [0.3, 0.4) is 0 Å². The molecule has 1 aromatic heterocycles. The smallest absolute Gasteiger partial charge is 0.142 e. The topological polar surface area (TPSA) is 48.7 Å². The second-order valence-electron chi connectivity index (χ2n) is 3.94. The minimum Gasteiger partial charge on any atom is -0.366 e. The van der Waals surface area contributed by atoms with Crippen LogP contribution >= 0.6 is 15.9 Å². The Hall–Kier alpha value is -1.86. The second kappa shape index (κ2) is 5.65. The summed E-state index contributed by atoms with van der Waals surface area (Å²) in [5.74, 6) is 0.716. The van der Waals surface area contributed by atoms with E-state index in [0.717, 1.165) is 4.47 Å². The van der Waals surface area contributed by atoms with Crippen LogP contribution in [0.4, 0.5) is 5.82 Å². The lowest BCUT2D eigenvalue weighted by atomic mass is 10.1. The van der Waals surface area contributed by atoms with Crippen LogP contribution < -0.4 is 5.32 Å². The van der Waals surface area contributed by atoms with Gasteiger partial charge in [0.25, 0.3) is 0 Å². The lowest BCUT2D eigenvalue weighted by molar-refractivity contribution is 1.08. The number of pyridine rings is 1. The monoisotopic (exact) mass is 301 g/mol. The van der Waals surface area contributed by atoms with Crippen molar-refractivity contribution < 1.29 is 0 Å². The van der Waals surface area contributed by atoms with E-state index < -0.39 is 0 Å². The third kappa shape index (κ3) is 3.08. The number of aromatic nitrogens is 1. The van der Waals surface area contributed by atoms with E-state index in [2.05, 4.69) is 45.3 Å². The molecule has 0 saturated heterocycles. The molecule has 2 aromatic rings. The maximum Gasteiger partial charge on any atom is 0.142 e. The van der Waals surface area contributed by atoms with Gasteiger partial charge >= 0.3 is 0 Å². The first-order valence-corrected chi connectivity index (χ1v) is 6.34. The molecular weight excluding hydrogens is 290 g/mol. The minimum atomic E-state index is 0.422. The molecule has 0 unspecified atom stereocenters. The van der Waals surface area contributed by atoms with E-state index in [1.54, 1.807) is 6.07 Å². The van der Waals surface area contributed by atoms with Crippen molar-refractivity contribution in [1.82, 2.24) is 4.98 Å². The van der Waals surface area contributed by atoms with Gasteiger partial charge in [0, 0.05) is 11.0 Å². The minimum absolute atomic E-state index is 0.422. The van der Waals surface area contributed by atoms with E-state index in [0.29, 0.717) is 18.1 Å². The number of anilines is 1. The van der Waals surface area contributed by atoms with Gasteiger partial charge in [-0.05, 0) is 42.3 Å². The Morgan fingerprint density at radius 2 is 2.17 bits per heavy atom. The van der Waals surface area contributed by atoms with Gasteiger partial charge in [-0.25, -0.2) is 4.98 Å². The molecule has 0 saturated carbocycles. The van der Waals surface area contributed by atoms with Gasteiger partial charge in [0.1, 0.15) is 17.6 Å². The number of nitriles is 1. The first kappa shape index (κ1) is 12.6. The Morgan fingerprint density at radius 3 is 2.94 bits per heavy atom. The lowest BCUT2D eigenvalue weighted by Crippen LogP contribution is -2.03. The zero-order valence-electron chi connectivity index (χ0n) is 9.94. The number of nitrogens with one attached hydrogen (secondary N) is 1. The Balaban J connectivity index is 2.11. The van der Waals surface area contributed by atoms with Crippen LogP contribution in [0, 0.1) is 18.3 Å². The quantitative estimate of drug-likeness (QED) is 0.941. The molecule has 0 spiro atoms. The molecule has 1 heterocycles. The molecule has 0 radical (unpaired) electrons. The van der Waals surface area contributed by atoms with Crippen LogP contribution in [0.2, 0.25) is 0 Å². The average Bonchev–Trinajstić information content (AvgIpc) is 2.40. The van der Waals surface area contributed by atoms with Crippen molar-refractivity contribution in [3.63, 3.8) is 0 Å². The molecule has 4 heteroatoms. The molecule has 0 aliphatic heterocycles. The maximum atomic E-state index is 8.78. The summed E-state index contributed by atoms with van der Waals surface area (Å²) >= 11 is 3.46. The summed E-state index contributed by atoms with van der Waals surface area (Å²) in [6.07, 6.45) is 0. The van der Waals surface area contributed by atoms with Crippen molar-refractivity contribution >= 4 is 21.7 Å². The van der Waals surface area contributed by atoms with Gasteiger partial charge in [-0.2, -0.15) is 5.26 Å². The molecule has 2 rings (SSSR count). The second-order valence-corrected chi connectivity index (χ2v) is 4.86. The molecular formula is C14H12BrN3. The molecule has 0 aliphatic rings. The zero-order chi connectivity index (χ0) is 13.0. The van der Waals surface area contributed by atoms with E-state index in [1.165, 1.54) is 11.1 Å². The highest BCUT2D eigenvalue weighted by Gasteiger charge is 2.01. The highest BCUT2D eigenvalue weighted by atomic mass is 79.9. The summed E-state index contributed by atoms with van der Waals surface area (Å²) in [6, 6.07) is 13.6. The number of halogens is 1. The van der Waals surface area contributed by atoms with Gasteiger partial charge in [0.05, 0.1) is 0 Å². The van der Waals surface area contributed by atoms with Crippen molar-refractivity contribution in [2.45, 2.75) is 13.5 Å². The molecule has 1 aromatic carbocycles. The van der Waals surface area contributed by atoms with Crippen LogP contribution in [0.25, 0.3) is 0 Å². The summed E-state index contributed by atoms with van der Waals surface area (Å²) in [7, 11) is 0. The third-order valence-electron chi connectivity index (χ3n) is 2.63. The summed E-state index contributed by atoms with van der Waals surface area (Å²) in [5, 5.41) is 12.0. The van der Waals surface area contributed by atoms with Crippen LogP contribution in [0.5, 0.6) is 0 Å². The maximum absolute atomic E-state index is 8.78. The summed E-state index contributed by atoms with van der Waals surface area (Å²) in [5.41, 5.74) is 2.85. The molecule has 0 fully saturated rings. The third-order valence-corrected chi connectivity index (χ3v) is 3.13. The standard InChI is InChI=1S/C14H12BrN3/c1-10-5-6-12(15)7-11(10)9-17-14-4-2-3-13(8-16)18-14/h2-7H,9H2,1H3,(H,17,18). The normalized spacial score (nSPS) is 9.83. The van der Waals surface area contributed by atoms with Crippen molar-refractivity contribution in [1.29, 1.82) is 5.26 Å². The van der Waals surface area contributed by atoms with E-state index in [9.17, 15) is 0 Å². The largest absolute Gasteiger partial charge is 0.366 e. The zero-order valence-corrected chi connectivity index (χ0v) is 11.5. The van der Waals surface area contributed by atoms with Crippen molar-refractivity contribution in [2.75, 3.05) is 5.32 Å². The highest BCUT2D eigenvalue weighted by molar-refractivity contribution is 9.10. The molecule has 0 amide bonds. The molecule has 3 nitrogen and oxygen atoms in total. The predicted molar refractivity (Wildman–Crippen MR) is 75.2 cm³/mol. The SMILES string of the molecule is Cc1ccc(Br)cc1CNc1cccc(C#N)n1. The first-order valence-electron chi connectivity index (χ1n) is 5.55. The average molecular weight is 302 g/mol. The van der Waals surface area contributed by atoms with Gasteiger partial charge in [0.15, 0.2) is 0 Å². The van der Waals surface area contributed by atoms with Gasteiger partial charge in [-0.15, -0.1) is 0 Å². The lowest BCUT2D eigenvalue weighted by Gasteiger charge is -2.09. The summed E-state index contributed by atoms with van der Waals surface area (Å²) in [6.45, 7) is 2.76. The van der Waals surface area contributed by atoms with E-state index in [-0.39, 0.29) is 0 Å². The predicted octanol–water partition coefficient (Wildman–Crippen LogP) is 3.64. The Morgan fingerprint density at radius 1 is 1.33 bits per heavy atom. The fourth-order valence-corrected chi connectivity index (χ4v) is 2.02. The number of hydrogen-bond donors (Lipinski definition) is 1. The number of hydrogen-bond acceptors (Lipinski definition) is 3. The summed E-state index contributed by atoms with van der Waals surface area (Å²) < 4.78 is 1.06. The van der Waals surface area contributed by atoms with Crippen LogP contribution in [-0.4, -0.2) is 4.98 Å². The van der Waals surface area contributed by atoms with Crippen LogP contribution in [0.15, 0.2) is 40.9 Å². The van der Waals surface area contributed by atoms with Gasteiger partial charge < -0.3 is 5.32 Å². The number of aryl methyl sites for hydroxylation is 1. The Bertz CT molecular complexity index is 602. The molecule has 0 aliphatic carbocycles. The number of rotatable bonds is 3. The van der Waals surface area contributed by atoms with E-state index in [1.807, 2.05) is 24.3 Å². The molecule has 18 heavy (non-hydrogen) atoms. The molecule has 90 valence electrons. The highest BCUT2D eigenvalue weighted by Crippen LogP contribution is 2.17. The van der Waals surface area contributed by atoms with E-state index >= 15 is 0 Å². The number of benzene rings is 1. The van der Waals surface area contributed by atoms with Gasteiger partial charge in [-0.1, -0.05) is 28.1 Å². The van der Waals surface area contributed by atoms with Crippen molar-refractivity contribution in [2.24, 2.45) is 0 Å². The Kier molecular flexibility index (Phi) is 3.96. The van der Waals surface area contributed by atoms with Gasteiger partial charge in [0.2, 0.25) is 0 Å². The Labute approximate surface area is 115 Å². The van der Waals surface area contributed by atoms with Crippen molar-refractivity contribution in [3.05, 3.63) is 57.7 Å². The molecule has 0 atom stereocenters.